The lowest BCUT2D eigenvalue weighted by Gasteiger charge is -2.48. The van der Waals surface area contributed by atoms with Gasteiger partial charge < -0.3 is 0 Å². The highest BCUT2D eigenvalue weighted by atomic mass is 16.2. The van der Waals surface area contributed by atoms with E-state index in [0.717, 1.165) is 0 Å². The highest BCUT2D eigenvalue weighted by Gasteiger charge is 2.61. The molecule has 0 saturated heterocycles. The van der Waals surface area contributed by atoms with E-state index in [4.69, 9.17) is 0 Å². The molecule has 0 aromatic rings. The summed E-state index contributed by atoms with van der Waals surface area (Å²) in [4.78, 5) is 48.2. The summed E-state index contributed by atoms with van der Waals surface area (Å²) in [6, 6.07) is 0. The zero-order valence-corrected chi connectivity index (χ0v) is 11.6. The molecule has 19 heavy (non-hydrogen) atoms. The summed E-state index contributed by atoms with van der Waals surface area (Å²) in [5.41, 5.74) is 0. The van der Waals surface area contributed by atoms with Crippen molar-refractivity contribution in [3.05, 3.63) is 0 Å². The molecule has 5 atom stereocenters. The van der Waals surface area contributed by atoms with E-state index in [2.05, 4.69) is 0 Å². The van der Waals surface area contributed by atoms with Crippen LogP contribution in [-0.2, 0) is 19.2 Å². The lowest BCUT2D eigenvalue weighted by molar-refractivity contribution is -0.163. The van der Waals surface area contributed by atoms with E-state index >= 15 is 0 Å². The summed E-state index contributed by atoms with van der Waals surface area (Å²) in [5, 5.41) is 0. The van der Waals surface area contributed by atoms with Crippen LogP contribution >= 0.6 is 0 Å². The Morgan fingerprint density at radius 1 is 1.16 bits per heavy atom. The standard InChI is InChI=1S/C15H20O4/c1-4-9(17)12-11(8(3)16)13-10(18)6-5-7(2)15(19)14(12)13/h7,11-14H,4-6H2,1-3H3/t7-,11?,12?,13?,14?/m1/s1. The van der Waals surface area contributed by atoms with Gasteiger partial charge in [0.2, 0.25) is 0 Å². The largest absolute Gasteiger partial charge is 0.300 e. The summed E-state index contributed by atoms with van der Waals surface area (Å²) in [6.45, 7) is 4.97. The molecular formula is C15H20O4. The Kier molecular flexibility index (Phi) is 3.70. The second-order valence-electron chi connectivity index (χ2n) is 5.84. The molecule has 2 aliphatic carbocycles. The Labute approximate surface area is 112 Å². The maximum absolute atomic E-state index is 12.3. The molecule has 0 aliphatic heterocycles. The first-order chi connectivity index (χ1) is 8.90. The Bertz CT molecular complexity index is 451. The van der Waals surface area contributed by atoms with Gasteiger partial charge >= 0.3 is 0 Å². The van der Waals surface area contributed by atoms with Crippen LogP contribution in [0.15, 0.2) is 0 Å². The smallest absolute Gasteiger partial charge is 0.140 e. The number of carbonyl (C=O) groups excluding carboxylic acids is 4. The number of hydrogen-bond donors (Lipinski definition) is 0. The van der Waals surface area contributed by atoms with Gasteiger partial charge in [-0.25, -0.2) is 0 Å². The van der Waals surface area contributed by atoms with E-state index in [9.17, 15) is 19.2 Å². The molecule has 4 unspecified atom stereocenters. The maximum Gasteiger partial charge on any atom is 0.140 e. The van der Waals surface area contributed by atoms with Crippen molar-refractivity contribution in [1.82, 2.24) is 0 Å². The molecular weight excluding hydrogens is 244 g/mol. The first-order valence-electron chi connectivity index (χ1n) is 6.99. The average molecular weight is 264 g/mol. The predicted molar refractivity (Wildman–Crippen MR) is 68.4 cm³/mol. The monoisotopic (exact) mass is 264 g/mol. The van der Waals surface area contributed by atoms with Gasteiger partial charge in [0.15, 0.2) is 0 Å². The number of hydrogen-bond acceptors (Lipinski definition) is 4. The Morgan fingerprint density at radius 2 is 1.79 bits per heavy atom. The van der Waals surface area contributed by atoms with Crippen LogP contribution in [0.3, 0.4) is 0 Å². The average Bonchev–Trinajstić information content (AvgIpc) is 2.40. The van der Waals surface area contributed by atoms with Crippen LogP contribution in [0.25, 0.3) is 0 Å². The third-order valence-corrected chi connectivity index (χ3v) is 4.75. The fraction of sp³-hybridized carbons (Fsp3) is 0.733. The van der Waals surface area contributed by atoms with Gasteiger partial charge in [-0.05, 0) is 13.3 Å². The first-order valence-corrected chi connectivity index (χ1v) is 6.99. The highest BCUT2D eigenvalue weighted by molar-refractivity contribution is 6.05. The molecule has 0 heterocycles. The fourth-order valence-electron chi connectivity index (χ4n) is 3.64. The lowest BCUT2D eigenvalue weighted by atomic mass is 9.51. The van der Waals surface area contributed by atoms with Crippen LogP contribution in [-0.4, -0.2) is 23.1 Å². The Hall–Kier alpha value is -1.32. The van der Waals surface area contributed by atoms with Crippen LogP contribution in [0.2, 0.25) is 0 Å². The molecule has 0 amide bonds. The van der Waals surface area contributed by atoms with E-state index < -0.39 is 23.7 Å². The van der Waals surface area contributed by atoms with Gasteiger partial charge in [0, 0.05) is 42.4 Å². The molecule has 0 aromatic carbocycles. The highest BCUT2D eigenvalue weighted by Crippen LogP contribution is 2.51. The molecule has 0 bridgehead atoms. The van der Waals surface area contributed by atoms with Crippen molar-refractivity contribution in [1.29, 1.82) is 0 Å². The molecule has 2 rings (SSSR count). The maximum atomic E-state index is 12.3. The predicted octanol–water partition coefficient (Wildman–Crippen LogP) is 1.60. The number of ketones is 4. The van der Waals surface area contributed by atoms with Gasteiger partial charge in [-0.2, -0.15) is 0 Å². The summed E-state index contributed by atoms with van der Waals surface area (Å²) >= 11 is 0. The number of carbonyl (C=O) groups is 4. The van der Waals surface area contributed by atoms with Crippen molar-refractivity contribution < 1.29 is 19.2 Å². The van der Waals surface area contributed by atoms with Crippen molar-refractivity contribution in [3.8, 4) is 0 Å². The zero-order valence-electron chi connectivity index (χ0n) is 11.6. The molecule has 2 aliphatic rings. The topological polar surface area (TPSA) is 68.3 Å². The van der Waals surface area contributed by atoms with Crippen LogP contribution in [0, 0.1) is 29.6 Å². The summed E-state index contributed by atoms with van der Waals surface area (Å²) < 4.78 is 0. The van der Waals surface area contributed by atoms with Crippen LogP contribution in [0.4, 0.5) is 0 Å². The minimum Gasteiger partial charge on any atom is -0.300 e. The Morgan fingerprint density at radius 3 is 2.32 bits per heavy atom. The normalized spacial score (nSPS) is 38.2. The fourth-order valence-corrected chi connectivity index (χ4v) is 3.64. The van der Waals surface area contributed by atoms with Gasteiger partial charge in [0.25, 0.3) is 0 Å². The first kappa shape index (κ1) is 14.1. The van der Waals surface area contributed by atoms with Crippen molar-refractivity contribution in [2.45, 2.75) is 40.0 Å². The third-order valence-electron chi connectivity index (χ3n) is 4.75. The number of rotatable bonds is 3. The molecule has 104 valence electrons. The molecule has 0 N–H and O–H groups in total. The molecule has 0 aromatic heterocycles. The van der Waals surface area contributed by atoms with E-state index in [0.29, 0.717) is 19.3 Å². The van der Waals surface area contributed by atoms with Gasteiger partial charge in [0.1, 0.15) is 23.1 Å². The second-order valence-corrected chi connectivity index (χ2v) is 5.84. The van der Waals surface area contributed by atoms with Gasteiger partial charge in [-0.3, -0.25) is 19.2 Å². The van der Waals surface area contributed by atoms with E-state index in [1.807, 2.05) is 6.92 Å². The summed E-state index contributed by atoms with van der Waals surface area (Å²) in [7, 11) is 0. The number of fused-ring (bicyclic) bond motifs is 1. The molecule has 0 radical (unpaired) electrons. The molecule has 4 heteroatoms. The lowest BCUT2D eigenvalue weighted by Crippen LogP contribution is -2.59. The van der Waals surface area contributed by atoms with Gasteiger partial charge in [0.05, 0.1) is 0 Å². The van der Waals surface area contributed by atoms with Crippen LogP contribution in [0.1, 0.15) is 40.0 Å². The minimum absolute atomic E-state index is 0.000139. The van der Waals surface area contributed by atoms with E-state index in [1.54, 1.807) is 6.92 Å². The second kappa shape index (κ2) is 4.99. The van der Waals surface area contributed by atoms with Crippen molar-refractivity contribution >= 4 is 23.1 Å². The molecule has 4 nitrogen and oxygen atoms in total. The van der Waals surface area contributed by atoms with E-state index in [-0.39, 0.29) is 29.1 Å². The summed E-state index contributed by atoms with van der Waals surface area (Å²) in [5.74, 6) is -2.56. The van der Waals surface area contributed by atoms with Crippen molar-refractivity contribution in [2.24, 2.45) is 29.6 Å². The minimum atomic E-state index is -0.556. The zero-order chi connectivity index (χ0) is 14.3. The van der Waals surface area contributed by atoms with Gasteiger partial charge in [-0.1, -0.05) is 13.8 Å². The summed E-state index contributed by atoms with van der Waals surface area (Å²) in [6.07, 6.45) is 1.21. The quantitative estimate of drug-likeness (QED) is 0.776. The van der Waals surface area contributed by atoms with E-state index in [1.165, 1.54) is 6.92 Å². The number of Topliss-reactive ketones (excluding diaryl/α,β-unsaturated/α-hetero) is 4. The molecule has 0 spiro atoms. The Balaban J connectivity index is 2.38. The SMILES string of the molecule is CCC(=O)C1C(C(C)=O)C2C(=O)CC[C@@H](C)C(=O)C12. The van der Waals surface area contributed by atoms with Crippen molar-refractivity contribution in [2.75, 3.05) is 0 Å². The van der Waals surface area contributed by atoms with Crippen LogP contribution < -0.4 is 0 Å². The molecule has 2 saturated carbocycles. The molecule has 2 fully saturated rings. The van der Waals surface area contributed by atoms with Crippen LogP contribution in [0.5, 0.6) is 0 Å². The van der Waals surface area contributed by atoms with Gasteiger partial charge in [-0.15, -0.1) is 0 Å². The van der Waals surface area contributed by atoms with Crippen molar-refractivity contribution in [3.63, 3.8) is 0 Å². The third kappa shape index (κ3) is 2.07.